The van der Waals surface area contributed by atoms with Crippen molar-refractivity contribution >= 4 is 22.4 Å². The van der Waals surface area contributed by atoms with Crippen molar-refractivity contribution in [3.63, 3.8) is 0 Å². The van der Waals surface area contributed by atoms with Gasteiger partial charge in [-0.1, -0.05) is 54.6 Å². The molecule has 4 aromatic carbocycles. The Bertz CT molecular complexity index is 1240. The molecular formula is C27H23FO3. The Hall–Kier alpha value is -3.79. The molecular weight excluding hydrogens is 391 g/mol. The average molecular weight is 414 g/mol. The predicted octanol–water partition coefficient (Wildman–Crippen LogP) is 6.59. The van der Waals surface area contributed by atoms with Crippen LogP contribution in [0.4, 0.5) is 4.39 Å². The second-order valence-corrected chi connectivity index (χ2v) is 7.02. The molecule has 0 atom stereocenters. The van der Waals surface area contributed by atoms with Gasteiger partial charge in [-0.15, -0.1) is 0 Å². The van der Waals surface area contributed by atoms with Gasteiger partial charge in [0.1, 0.15) is 5.82 Å². The van der Waals surface area contributed by atoms with E-state index in [9.17, 15) is 4.39 Å². The van der Waals surface area contributed by atoms with E-state index in [1.165, 1.54) is 12.1 Å². The summed E-state index contributed by atoms with van der Waals surface area (Å²) < 4.78 is 30.3. The fourth-order valence-electron chi connectivity index (χ4n) is 3.80. The first kappa shape index (κ1) is 20.5. The lowest BCUT2D eigenvalue weighted by atomic mass is 9.91. The highest BCUT2D eigenvalue weighted by molar-refractivity contribution is 6.04. The van der Waals surface area contributed by atoms with Gasteiger partial charge in [0.2, 0.25) is 5.75 Å². The van der Waals surface area contributed by atoms with Gasteiger partial charge in [-0.2, -0.15) is 0 Å². The lowest BCUT2D eigenvalue weighted by Gasteiger charge is -2.19. The highest BCUT2D eigenvalue weighted by Crippen LogP contribution is 2.45. The monoisotopic (exact) mass is 414 g/mol. The minimum absolute atomic E-state index is 0.271. The lowest BCUT2D eigenvalue weighted by molar-refractivity contribution is 0.324. The second-order valence-electron chi connectivity index (χ2n) is 7.02. The van der Waals surface area contributed by atoms with Gasteiger partial charge < -0.3 is 14.2 Å². The largest absolute Gasteiger partial charge is 0.493 e. The summed E-state index contributed by atoms with van der Waals surface area (Å²) in [4.78, 5) is 0. The third-order valence-corrected chi connectivity index (χ3v) is 5.26. The Morgan fingerprint density at radius 3 is 2.10 bits per heavy atom. The van der Waals surface area contributed by atoms with Crippen molar-refractivity contribution in [2.45, 2.75) is 0 Å². The standard InChI is InChI=1S/C27H23FO3/c1-29-25-16-15-23(26(30-2)27(25)31-3)24(17-18-11-13-20(28)14-12-18)22-10-6-8-19-7-4-5-9-21(19)22/h4-17H,1-3H3/b24-17-. The molecule has 4 heteroatoms. The summed E-state index contributed by atoms with van der Waals surface area (Å²) >= 11 is 0. The summed E-state index contributed by atoms with van der Waals surface area (Å²) in [5.41, 5.74) is 3.69. The van der Waals surface area contributed by atoms with E-state index in [4.69, 9.17) is 14.2 Å². The maximum Gasteiger partial charge on any atom is 0.203 e. The highest BCUT2D eigenvalue weighted by atomic mass is 19.1. The number of fused-ring (bicyclic) bond motifs is 1. The molecule has 0 aromatic heterocycles. The van der Waals surface area contributed by atoms with Crippen LogP contribution in [0.1, 0.15) is 16.7 Å². The number of rotatable bonds is 6. The van der Waals surface area contributed by atoms with Crippen molar-refractivity contribution in [1.82, 2.24) is 0 Å². The van der Waals surface area contributed by atoms with Crippen LogP contribution in [0.3, 0.4) is 0 Å². The quantitative estimate of drug-likeness (QED) is 0.333. The van der Waals surface area contributed by atoms with E-state index >= 15 is 0 Å². The molecule has 0 heterocycles. The van der Waals surface area contributed by atoms with Gasteiger partial charge in [0.15, 0.2) is 11.5 Å². The molecule has 0 bridgehead atoms. The van der Waals surface area contributed by atoms with Crippen molar-refractivity contribution in [3.8, 4) is 17.2 Å². The van der Waals surface area contributed by atoms with Crippen molar-refractivity contribution < 1.29 is 18.6 Å². The molecule has 0 amide bonds. The van der Waals surface area contributed by atoms with Crippen LogP contribution in [0.2, 0.25) is 0 Å². The number of hydrogen-bond acceptors (Lipinski definition) is 3. The normalized spacial score (nSPS) is 11.4. The van der Waals surface area contributed by atoms with Gasteiger partial charge in [0.25, 0.3) is 0 Å². The van der Waals surface area contributed by atoms with Crippen LogP contribution in [-0.4, -0.2) is 21.3 Å². The minimum atomic E-state index is -0.271. The van der Waals surface area contributed by atoms with E-state index in [0.717, 1.165) is 33.0 Å². The smallest absolute Gasteiger partial charge is 0.203 e. The summed E-state index contributed by atoms with van der Waals surface area (Å²) in [5.74, 6) is 1.41. The van der Waals surface area contributed by atoms with Gasteiger partial charge in [0, 0.05) is 5.56 Å². The topological polar surface area (TPSA) is 27.7 Å². The molecule has 0 aliphatic carbocycles. The fourth-order valence-corrected chi connectivity index (χ4v) is 3.80. The highest BCUT2D eigenvalue weighted by Gasteiger charge is 2.20. The van der Waals surface area contributed by atoms with Crippen LogP contribution in [0.5, 0.6) is 17.2 Å². The Morgan fingerprint density at radius 2 is 1.39 bits per heavy atom. The van der Waals surface area contributed by atoms with Gasteiger partial charge in [0.05, 0.1) is 21.3 Å². The SMILES string of the molecule is COc1ccc(/C(=C\c2ccc(F)cc2)c2cccc3ccccc23)c(OC)c1OC. The summed E-state index contributed by atoms with van der Waals surface area (Å²) in [6, 6.07) is 24.7. The molecule has 0 N–H and O–H groups in total. The van der Waals surface area contributed by atoms with Gasteiger partial charge in [-0.05, 0) is 57.8 Å². The Balaban J connectivity index is 2.04. The van der Waals surface area contributed by atoms with Crippen LogP contribution in [-0.2, 0) is 0 Å². The minimum Gasteiger partial charge on any atom is -0.493 e. The van der Waals surface area contributed by atoms with Crippen molar-refractivity contribution in [1.29, 1.82) is 0 Å². The third kappa shape index (κ3) is 3.97. The van der Waals surface area contributed by atoms with Gasteiger partial charge >= 0.3 is 0 Å². The van der Waals surface area contributed by atoms with Gasteiger partial charge in [-0.3, -0.25) is 0 Å². The summed E-state index contributed by atoms with van der Waals surface area (Å²) in [6.45, 7) is 0. The lowest BCUT2D eigenvalue weighted by Crippen LogP contribution is -2.00. The first-order valence-corrected chi connectivity index (χ1v) is 9.91. The Labute approximate surface area is 181 Å². The number of ether oxygens (including phenoxy) is 3. The molecule has 4 rings (SSSR count). The molecule has 0 fully saturated rings. The molecule has 0 radical (unpaired) electrons. The molecule has 0 aliphatic heterocycles. The van der Waals surface area contributed by atoms with E-state index < -0.39 is 0 Å². The van der Waals surface area contributed by atoms with E-state index in [1.807, 2.05) is 36.4 Å². The zero-order valence-corrected chi connectivity index (χ0v) is 17.7. The van der Waals surface area contributed by atoms with Crippen LogP contribution in [0.15, 0.2) is 78.9 Å². The van der Waals surface area contributed by atoms with Gasteiger partial charge in [-0.25, -0.2) is 4.39 Å². The number of methoxy groups -OCH3 is 3. The Kier molecular flexibility index (Phi) is 5.89. The molecule has 0 saturated heterocycles. The maximum absolute atomic E-state index is 13.5. The maximum atomic E-state index is 13.5. The van der Waals surface area contributed by atoms with E-state index in [2.05, 4.69) is 24.3 Å². The molecule has 156 valence electrons. The van der Waals surface area contributed by atoms with E-state index in [1.54, 1.807) is 33.5 Å². The third-order valence-electron chi connectivity index (χ3n) is 5.26. The molecule has 4 aromatic rings. The Morgan fingerprint density at radius 1 is 0.677 bits per heavy atom. The molecule has 0 unspecified atom stereocenters. The fraction of sp³-hybridized carbons (Fsp3) is 0.111. The first-order valence-electron chi connectivity index (χ1n) is 9.91. The number of benzene rings is 4. The summed E-state index contributed by atoms with van der Waals surface area (Å²) in [7, 11) is 4.79. The molecule has 31 heavy (non-hydrogen) atoms. The molecule has 0 saturated carbocycles. The first-order chi connectivity index (χ1) is 15.2. The number of halogens is 1. The van der Waals surface area contributed by atoms with Crippen LogP contribution in [0.25, 0.3) is 22.4 Å². The van der Waals surface area contributed by atoms with Crippen molar-refractivity contribution in [2.75, 3.05) is 21.3 Å². The molecule has 3 nitrogen and oxygen atoms in total. The molecule has 0 aliphatic rings. The van der Waals surface area contributed by atoms with Crippen LogP contribution < -0.4 is 14.2 Å². The average Bonchev–Trinajstić information content (AvgIpc) is 2.82. The second kappa shape index (κ2) is 8.92. The summed E-state index contributed by atoms with van der Waals surface area (Å²) in [5, 5.41) is 2.24. The van der Waals surface area contributed by atoms with Crippen LogP contribution in [0, 0.1) is 5.82 Å². The number of hydrogen-bond donors (Lipinski definition) is 0. The van der Waals surface area contributed by atoms with Crippen molar-refractivity contribution in [3.05, 3.63) is 101 Å². The predicted molar refractivity (Wildman–Crippen MR) is 123 cm³/mol. The van der Waals surface area contributed by atoms with Crippen molar-refractivity contribution in [2.24, 2.45) is 0 Å². The molecule has 0 spiro atoms. The van der Waals surface area contributed by atoms with E-state index in [0.29, 0.717) is 17.2 Å². The van der Waals surface area contributed by atoms with Crippen LogP contribution >= 0.6 is 0 Å². The zero-order valence-electron chi connectivity index (χ0n) is 17.7. The summed E-state index contributed by atoms with van der Waals surface area (Å²) in [6.07, 6.45) is 2.03. The zero-order chi connectivity index (χ0) is 21.8. The van der Waals surface area contributed by atoms with E-state index in [-0.39, 0.29) is 5.82 Å².